The van der Waals surface area contributed by atoms with Crippen LogP contribution in [0.1, 0.15) is 25.0 Å². The summed E-state index contributed by atoms with van der Waals surface area (Å²) in [4.78, 5) is 12.5. The van der Waals surface area contributed by atoms with Gasteiger partial charge in [0.15, 0.2) is 0 Å². The summed E-state index contributed by atoms with van der Waals surface area (Å²) in [6.07, 6.45) is 1.60. The van der Waals surface area contributed by atoms with E-state index in [1.807, 2.05) is 26.0 Å². The van der Waals surface area contributed by atoms with E-state index in [9.17, 15) is 4.79 Å². The summed E-state index contributed by atoms with van der Waals surface area (Å²) in [5.41, 5.74) is 7.53. The predicted molar refractivity (Wildman–Crippen MR) is 76.3 cm³/mol. The highest BCUT2D eigenvalue weighted by Crippen LogP contribution is 2.26. The number of carbonyl (C=O) groups excluding carboxylic acids is 1. The lowest BCUT2D eigenvalue weighted by Gasteiger charge is -2.26. The standard InChI is InChI=1S/C14H18N2OS/c1-14(2,13(15)18)16-12(17)11-7-9-5-3-4-6-10(9)8-11/h3-6,11H,7-8H2,1-2H3,(H2,15,18)(H,16,17). The van der Waals surface area contributed by atoms with Crippen molar-refractivity contribution in [1.29, 1.82) is 0 Å². The molecule has 0 fully saturated rings. The lowest BCUT2D eigenvalue weighted by Crippen LogP contribution is -2.53. The first-order chi connectivity index (χ1) is 8.40. The fourth-order valence-corrected chi connectivity index (χ4v) is 2.27. The van der Waals surface area contributed by atoms with E-state index < -0.39 is 5.54 Å². The maximum absolute atomic E-state index is 12.2. The lowest BCUT2D eigenvalue weighted by molar-refractivity contribution is -0.125. The number of amides is 1. The van der Waals surface area contributed by atoms with Gasteiger partial charge in [-0.05, 0) is 37.8 Å². The third-order valence-corrected chi connectivity index (χ3v) is 3.98. The van der Waals surface area contributed by atoms with E-state index in [4.69, 9.17) is 18.0 Å². The normalized spacial score (nSPS) is 15.2. The largest absolute Gasteiger partial charge is 0.391 e. The van der Waals surface area contributed by atoms with Crippen LogP contribution in [-0.4, -0.2) is 16.4 Å². The van der Waals surface area contributed by atoms with Gasteiger partial charge in [0.25, 0.3) is 0 Å². The molecule has 1 amide bonds. The predicted octanol–water partition coefficient (Wildman–Crippen LogP) is 1.58. The van der Waals surface area contributed by atoms with Crippen molar-refractivity contribution >= 4 is 23.1 Å². The van der Waals surface area contributed by atoms with Crippen LogP contribution in [0.15, 0.2) is 24.3 Å². The highest BCUT2D eigenvalue weighted by molar-refractivity contribution is 7.80. The zero-order chi connectivity index (χ0) is 13.3. The number of nitrogens with one attached hydrogen (secondary N) is 1. The van der Waals surface area contributed by atoms with Gasteiger partial charge in [-0.1, -0.05) is 36.5 Å². The number of fused-ring (bicyclic) bond motifs is 1. The monoisotopic (exact) mass is 262 g/mol. The van der Waals surface area contributed by atoms with Crippen LogP contribution in [0.5, 0.6) is 0 Å². The van der Waals surface area contributed by atoms with Gasteiger partial charge in [0, 0.05) is 5.92 Å². The number of nitrogens with two attached hydrogens (primary N) is 1. The fourth-order valence-electron chi connectivity index (χ4n) is 2.22. The van der Waals surface area contributed by atoms with E-state index >= 15 is 0 Å². The Hall–Kier alpha value is -1.42. The first-order valence-electron chi connectivity index (χ1n) is 6.09. The average molecular weight is 262 g/mol. The second kappa shape index (κ2) is 4.69. The van der Waals surface area contributed by atoms with Crippen molar-refractivity contribution in [3.05, 3.63) is 35.4 Å². The van der Waals surface area contributed by atoms with Crippen LogP contribution in [0, 0.1) is 5.92 Å². The van der Waals surface area contributed by atoms with E-state index in [0.717, 1.165) is 12.8 Å². The van der Waals surface area contributed by atoms with Gasteiger partial charge < -0.3 is 11.1 Å². The zero-order valence-electron chi connectivity index (χ0n) is 10.7. The quantitative estimate of drug-likeness (QED) is 0.813. The zero-order valence-corrected chi connectivity index (χ0v) is 11.5. The molecule has 0 atom stereocenters. The molecule has 1 aliphatic rings. The van der Waals surface area contributed by atoms with Crippen molar-refractivity contribution in [2.45, 2.75) is 32.2 Å². The Morgan fingerprint density at radius 1 is 1.33 bits per heavy atom. The van der Waals surface area contributed by atoms with E-state index in [1.165, 1.54) is 11.1 Å². The summed E-state index contributed by atoms with van der Waals surface area (Å²) in [7, 11) is 0. The molecule has 0 aromatic heterocycles. The molecule has 0 spiro atoms. The molecule has 3 N–H and O–H groups in total. The number of thiocarbonyl (C=S) groups is 1. The molecule has 2 rings (SSSR count). The van der Waals surface area contributed by atoms with Crippen molar-refractivity contribution in [2.75, 3.05) is 0 Å². The molecule has 3 nitrogen and oxygen atoms in total. The summed E-state index contributed by atoms with van der Waals surface area (Å²) in [6.45, 7) is 3.66. The maximum Gasteiger partial charge on any atom is 0.224 e. The van der Waals surface area contributed by atoms with E-state index in [2.05, 4.69) is 17.4 Å². The molecule has 0 saturated heterocycles. The molecule has 1 aromatic rings. The summed E-state index contributed by atoms with van der Waals surface area (Å²) >= 11 is 4.96. The summed E-state index contributed by atoms with van der Waals surface area (Å²) in [6, 6.07) is 8.19. The van der Waals surface area contributed by atoms with Crippen molar-refractivity contribution in [2.24, 2.45) is 11.7 Å². The van der Waals surface area contributed by atoms with Crippen molar-refractivity contribution in [3.63, 3.8) is 0 Å². The Balaban J connectivity index is 2.04. The van der Waals surface area contributed by atoms with Gasteiger partial charge in [0.2, 0.25) is 5.91 Å². The van der Waals surface area contributed by atoms with Gasteiger partial charge in [0.05, 0.1) is 10.5 Å². The van der Waals surface area contributed by atoms with Crippen molar-refractivity contribution in [1.82, 2.24) is 5.32 Å². The van der Waals surface area contributed by atoms with Crippen LogP contribution in [0.25, 0.3) is 0 Å². The molecule has 96 valence electrons. The Morgan fingerprint density at radius 3 is 2.28 bits per heavy atom. The molecule has 18 heavy (non-hydrogen) atoms. The number of rotatable bonds is 3. The molecule has 1 aromatic carbocycles. The topological polar surface area (TPSA) is 55.1 Å². The third-order valence-electron chi connectivity index (χ3n) is 3.47. The third kappa shape index (κ3) is 2.53. The number of benzene rings is 1. The molecule has 4 heteroatoms. The molecule has 0 saturated carbocycles. The van der Waals surface area contributed by atoms with Crippen LogP contribution in [-0.2, 0) is 17.6 Å². The Labute approximate surface area is 113 Å². The van der Waals surface area contributed by atoms with Crippen LogP contribution in [0.4, 0.5) is 0 Å². The Kier molecular flexibility index (Phi) is 3.39. The molecule has 0 aliphatic heterocycles. The van der Waals surface area contributed by atoms with Gasteiger partial charge in [-0.25, -0.2) is 0 Å². The van der Waals surface area contributed by atoms with Crippen molar-refractivity contribution < 1.29 is 4.79 Å². The summed E-state index contributed by atoms with van der Waals surface area (Å²) < 4.78 is 0. The first-order valence-corrected chi connectivity index (χ1v) is 6.49. The van der Waals surface area contributed by atoms with Crippen LogP contribution in [0.3, 0.4) is 0 Å². The minimum Gasteiger partial charge on any atom is -0.391 e. The van der Waals surface area contributed by atoms with Crippen LogP contribution in [0.2, 0.25) is 0 Å². The van der Waals surface area contributed by atoms with Gasteiger partial charge in [-0.15, -0.1) is 0 Å². The molecule has 0 unspecified atom stereocenters. The van der Waals surface area contributed by atoms with E-state index in [-0.39, 0.29) is 11.8 Å². The number of carbonyl (C=O) groups is 1. The minimum absolute atomic E-state index is 0.00368. The highest BCUT2D eigenvalue weighted by atomic mass is 32.1. The average Bonchev–Trinajstić information content (AvgIpc) is 2.71. The Bertz CT molecular complexity index is 471. The first kappa shape index (κ1) is 13.0. The SMILES string of the molecule is CC(C)(NC(=O)C1Cc2ccccc2C1)C(N)=S. The number of hydrogen-bond acceptors (Lipinski definition) is 2. The van der Waals surface area contributed by atoms with Gasteiger partial charge in [-0.2, -0.15) is 0 Å². The molecular weight excluding hydrogens is 244 g/mol. The molecule has 0 radical (unpaired) electrons. The van der Waals surface area contributed by atoms with Gasteiger partial charge >= 0.3 is 0 Å². The molecular formula is C14H18N2OS. The number of hydrogen-bond donors (Lipinski definition) is 2. The smallest absolute Gasteiger partial charge is 0.224 e. The summed E-state index contributed by atoms with van der Waals surface area (Å²) in [5, 5.41) is 2.93. The second-order valence-corrected chi connectivity index (χ2v) is 5.79. The van der Waals surface area contributed by atoms with Crippen LogP contribution < -0.4 is 11.1 Å². The van der Waals surface area contributed by atoms with Crippen LogP contribution >= 0.6 is 12.2 Å². The molecule has 0 heterocycles. The molecule has 0 bridgehead atoms. The second-order valence-electron chi connectivity index (χ2n) is 5.35. The van der Waals surface area contributed by atoms with E-state index in [1.54, 1.807) is 0 Å². The van der Waals surface area contributed by atoms with Gasteiger partial charge in [-0.3, -0.25) is 4.79 Å². The van der Waals surface area contributed by atoms with E-state index in [0.29, 0.717) is 4.99 Å². The molecule has 1 aliphatic carbocycles. The van der Waals surface area contributed by atoms with Gasteiger partial charge in [0.1, 0.15) is 0 Å². The fraction of sp³-hybridized carbons (Fsp3) is 0.429. The minimum atomic E-state index is -0.624. The van der Waals surface area contributed by atoms with Crippen molar-refractivity contribution in [3.8, 4) is 0 Å². The lowest BCUT2D eigenvalue weighted by atomic mass is 10.0. The maximum atomic E-state index is 12.2. The Morgan fingerprint density at radius 2 is 1.83 bits per heavy atom. The highest BCUT2D eigenvalue weighted by Gasteiger charge is 2.31. The summed E-state index contributed by atoms with van der Waals surface area (Å²) in [5.74, 6) is 0.0278.